The summed E-state index contributed by atoms with van der Waals surface area (Å²) < 4.78 is 0. The van der Waals surface area contributed by atoms with E-state index in [1.807, 2.05) is 19.9 Å². The Morgan fingerprint density at radius 2 is 1.90 bits per heavy atom. The molecule has 0 aromatic heterocycles. The minimum atomic E-state index is 1.28. The van der Waals surface area contributed by atoms with E-state index in [4.69, 9.17) is 0 Å². The Morgan fingerprint density at radius 3 is 2.00 bits per heavy atom. The van der Waals surface area contributed by atoms with Crippen molar-refractivity contribution in [3.8, 4) is 12.3 Å². The molecule has 0 aliphatic heterocycles. The monoisotopic (exact) mass is 137 g/mol. The molecule has 0 aliphatic carbocycles. The molecule has 56 valence electrons. The molecule has 0 radical (unpaired) electrons. The highest BCUT2D eigenvalue weighted by atomic mass is 14.6. The van der Waals surface area contributed by atoms with Gasteiger partial charge in [0.2, 0.25) is 0 Å². The van der Waals surface area contributed by atoms with Crippen LogP contribution in [0.2, 0.25) is 0 Å². The standard InChI is InChI=1S/C6H11N.C3H4/c1-6(2)4-5-7-3;1-3-2/h4-5H,1-3H3;1H,2H3. The lowest BCUT2D eigenvalue weighted by Crippen LogP contribution is -1.65. The highest BCUT2D eigenvalue weighted by Gasteiger charge is 1.66. The first-order valence-electron chi connectivity index (χ1n) is 3.12. The first kappa shape index (κ1) is 11.7. The van der Waals surface area contributed by atoms with Crippen LogP contribution in [0.5, 0.6) is 0 Å². The molecular weight excluding hydrogens is 122 g/mol. The van der Waals surface area contributed by atoms with E-state index in [2.05, 4.69) is 17.3 Å². The molecule has 1 nitrogen and oxygen atoms in total. The second-order valence-corrected chi connectivity index (χ2v) is 1.94. The summed E-state index contributed by atoms with van der Waals surface area (Å²) in [4.78, 5) is 3.77. The van der Waals surface area contributed by atoms with Gasteiger partial charge in [0.15, 0.2) is 0 Å². The van der Waals surface area contributed by atoms with Gasteiger partial charge in [0, 0.05) is 13.3 Å². The van der Waals surface area contributed by atoms with Gasteiger partial charge in [-0.05, 0) is 26.8 Å². The molecule has 0 unspecified atom stereocenters. The molecule has 0 bridgehead atoms. The molecule has 0 aliphatic rings. The number of nitrogens with zero attached hydrogens (tertiary/aromatic N) is 1. The van der Waals surface area contributed by atoms with Crippen LogP contribution >= 0.6 is 0 Å². The Labute approximate surface area is 63.9 Å². The van der Waals surface area contributed by atoms with Crippen molar-refractivity contribution in [1.82, 2.24) is 0 Å². The molecule has 0 rings (SSSR count). The van der Waals surface area contributed by atoms with Gasteiger partial charge < -0.3 is 0 Å². The largest absolute Gasteiger partial charge is 0.297 e. The number of hydrogen-bond donors (Lipinski definition) is 0. The number of aliphatic imine (C=N–C) groups is 1. The molecule has 0 spiro atoms. The molecule has 0 amide bonds. The van der Waals surface area contributed by atoms with Gasteiger partial charge in [0.05, 0.1) is 0 Å². The molecular formula is C9H15N. The maximum Gasteiger partial charge on any atom is 0.0277 e. The normalized spacial score (nSPS) is 7.50. The minimum Gasteiger partial charge on any atom is -0.297 e. The van der Waals surface area contributed by atoms with Gasteiger partial charge in [-0.15, -0.1) is 12.3 Å². The van der Waals surface area contributed by atoms with E-state index in [1.165, 1.54) is 5.57 Å². The lowest BCUT2D eigenvalue weighted by Gasteiger charge is -1.77. The molecule has 0 aromatic carbocycles. The van der Waals surface area contributed by atoms with Crippen molar-refractivity contribution in [1.29, 1.82) is 0 Å². The van der Waals surface area contributed by atoms with Crippen LogP contribution in [-0.4, -0.2) is 13.3 Å². The molecule has 0 N–H and O–H groups in total. The average molecular weight is 137 g/mol. The molecule has 0 fully saturated rings. The summed E-state index contributed by atoms with van der Waals surface area (Å²) in [5, 5.41) is 0. The Kier molecular flexibility index (Phi) is 12.7. The first-order valence-corrected chi connectivity index (χ1v) is 3.12. The van der Waals surface area contributed by atoms with Gasteiger partial charge in [-0.2, -0.15) is 0 Å². The number of hydrogen-bond acceptors (Lipinski definition) is 1. The van der Waals surface area contributed by atoms with Crippen molar-refractivity contribution >= 4 is 6.21 Å². The third-order valence-corrected chi connectivity index (χ3v) is 0.557. The third-order valence-electron chi connectivity index (χ3n) is 0.557. The Morgan fingerprint density at radius 1 is 1.50 bits per heavy atom. The summed E-state index contributed by atoms with van der Waals surface area (Å²) in [6, 6.07) is 0. The van der Waals surface area contributed by atoms with Crippen LogP contribution in [0.1, 0.15) is 20.8 Å². The van der Waals surface area contributed by atoms with Crippen LogP contribution in [0.3, 0.4) is 0 Å². The second-order valence-electron chi connectivity index (χ2n) is 1.94. The topological polar surface area (TPSA) is 12.4 Å². The fourth-order valence-electron chi connectivity index (χ4n) is 0.224. The minimum absolute atomic E-state index is 1.28. The molecule has 1 heteroatoms. The van der Waals surface area contributed by atoms with Crippen molar-refractivity contribution in [2.45, 2.75) is 20.8 Å². The van der Waals surface area contributed by atoms with Gasteiger partial charge in [-0.3, -0.25) is 4.99 Å². The fourth-order valence-corrected chi connectivity index (χ4v) is 0.224. The van der Waals surface area contributed by atoms with Gasteiger partial charge in [-0.1, -0.05) is 5.57 Å². The van der Waals surface area contributed by atoms with E-state index in [0.717, 1.165) is 0 Å². The number of terminal acetylenes is 1. The second kappa shape index (κ2) is 10.9. The number of rotatable bonds is 1. The number of allylic oxidation sites excluding steroid dienone is 2. The van der Waals surface area contributed by atoms with Gasteiger partial charge in [-0.25, -0.2) is 0 Å². The summed E-state index contributed by atoms with van der Waals surface area (Å²) in [5.41, 5.74) is 1.28. The van der Waals surface area contributed by atoms with E-state index < -0.39 is 0 Å². The molecule has 0 atom stereocenters. The molecule has 0 heterocycles. The van der Waals surface area contributed by atoms with Crippen molar-refractivity contribution in [3.05, 3.63) is 11.6 Å². The van der Waals surface area contributed by atoms with Crippen LogP contribution in [0.4, 0.5) is 0 Å². The molecule has 0 aromatic rings. The lowest BCUT2D eigenvalue weighted by atomic mass is 10.3. The zero-order valence-corrected chi connectivity index (χ0v) is 7.18. The molecule has 0 saturated heterocycles. The Hall–Kier alpha value is -1.03. The summed E-state index contributed by atoms with van der Waals surface area (Å²) in [6.07, 6.45) is 8.36. The summed E-state index contributed by atoms with van der Waals surface area (Å²) >= 11 is 0. The van der Waals surface area contributed by atoms with Crippen molar-refractivity contribution < 1.29 is 0 Å². The maximum absolute atomic E-state index is 4.60. The molecule has 10 heavy (non-hydrogen) atoms. The highest BCUT2D eigenvalue weighted by Crippen LogP contribution is 1.82. The van der Waals surface area contributed by atoms with Crippen LogP contribution < -0.4 is 0 Å². The summed E-state index contributed by atoms with van der Waals surface area (Å²) in [5.74, 6) is 2.25. The predicted octanol–water partition coefficient (Wildman–Crippen LogP) is 2.29. The van der Waals surface area contributed by atoms with Crippen LogP contribution in [0.15, 0.2) is 16.6 Å². The summed E-state index contributed by atoms with van der Waals surface area (Å²) in [6.45, 7) is 5.74. The van der Waals surface area contributed by atoms with E-state index in [0.29, 0.717) is 0 Å². The van der Waals surface area contributed by atoms with Crippen molar-refractivity contribution in [3.63, 3.8) is 0 Å². The van der Waals surface area contributed by atoms with Crippen molar-refractivity contribution in [2.24, 2.45) is 4.99 Å². The SMILES string of the molecule is C#CC.CN=CC=C(C)C. The fraction of sp³-hybridized carbons (Fsp3) is 0.444. The zero-order chi connectivity index (χ0) is 8.41. The smallest absolute Gasteiger partial charge is 0.0277 e. The Balaban J connectivity index is 0. The maximum atomic E-state index is 4.60. The van der Waals surface area contributed by atoms with E-state index in [1.54, 1.807) is 20.2 Å². The predicted molar refractivity (Wildman–Crippen MR) is 48.4 cm³/mol. The lowest BCUT2D eigenvalue weighted by molar-refractivity contribution is 1.40. The first-order chi connectivity index (χ1) is 4.68. The summed E-state index contributed by atoms with van der Waals surface area (Å²) in [7, 11) is 1.76. The molecule has 0 saturated carbocycles. The van der Waals surface area contributed by atoms with E-state index in [-0.39, 0.29) is 0 Å². The van der Waals surface area contributed by atoms with Crippen molar-refractivity contribution in [2.75, 3.05) is 7.05 Å². The van der Waals surface area contributed by atoms with Crippen LogP contribution in [0.25, 0.3) is 0 Å². The Bertz CT molecular complexity index is 143. The van der Waals surface area contributed by atoms with Gasteiger partial charge in [0.25, 0.3) is 0 Å². The van der Waals surface area contributed by atoms with Gasteiger partial charge >= 0.3 is 0 Å². The average Bonchev–Trinajstić information content (AvgIpc) is 1.85. The van der Waals surface area contributed by atoms with Gasteiger partial charge in [0.1, 0.15) is 0 Å². The van der Waals surface area contributed by atoms with Crippen LogP contribution in [-0.2, 0) is 0 Å². The van der Waals surface area contributed by atoms with Crippen LogP contribution in [0, 0.1) is 12.3 Å². The third kappa shape index (κ3) is 28.2. The zero-order valence-electron chi connectivity index (χ0n) is 7.18. The van der Waals surface area contributed by atoms with E-state index in [9.17, 15) is 0 Å². The quantitative estimate of drug-likeness (QED) is 0.388. The van der Waals surface area contributed by atoms with E-state index >= 15 is 0 Å². The highest BCUT2D eigenvalue weighted by molar-refractivity contribution is 5.71.